The van der Waals surface area contributed by atoms with E-state index < -0.39 is 158 Å². The van der Waals surface area contributed by atoms with E-state index in [0.717, 1.165) is 0 Å². The Hall–Kier alpha value is -8.73. The van der Waals surface area contributed by atoms with Crippen LogP contribution in [0, 0.1) is 11.8 Å². The zero-order valence-electron chi connectivity index (χ0n) is 53.3. The molecule has 1 fully saturated rings. The molecule has 3 aromatic rings. The SMILES string of the molecule is CSCC[C@H](NC(=O)[C@H](CC(C)C)NC(=O)[C@H](Cc1cnc[nH]1)NC(=O)CNC(=O)[C@@H](NC(=O)[C@H](C)NC(=O)[C@H](Cc1c[nH]c2ccccc12)NC(=O)[C@H](CCC(N)=O)NC(=O)CN1CCN(CC(=O)O)CCN(CC(=O)O)CCN(CC(=O)O)CC1)C(C)C)C(N)=O. The highest BCUT2D eigenvalue weighted by atomic mass is 32.2. The normalized spacial score (nSPS) is 16.1. The number of nitrogens with two attached hydrogens (primary N) is 2. The summed E-state index contributed by atoms with van der Waals surface area (Å²) in [6, 6.07) is -1.98. The number of amides is 10. The van der Waals surface area contributed by atoms with E-state index in [-0.39, 0.29) is 96.9 Å². The van der Waals surface area contributed by atoms with Crippen molar-refractivity contribution in [1.82, 2.24) is 77.1 Å². The molecule has 0 bridgehead atoms. The Bertz CT molecular complexity index is 3010. The van der Waals surface area contributed by atoms with Crippen LogP contribution < -0.4 is 54.0 Å². The maximum Gasteiger partial charge on any atom is 0.317 e. The number of aliphatic carboxylic acids is 3. The standard InChI is InChI=1S/C59H91N17O16S/c1-34(2)23-43(57(90)69-41(53(61)86)13-22-93-6)70-58(91)45(25-38-27-62-33-65-38)68-47(78)28-64-59(92)52(35(3)4)72-54(87)36(5)66-56(89)44(24-37-26-63-40-10-8-7-9-39(37)40)71-55(88)42(11-12-46(60)77)67-48(79)29-73-14-16-74(30-49(80)81)18-20-76(32-51(84)85)21-19-75(17-15-73)31-50(82)83/h7-10,26-27,33-36,41-45,52,63H,11-25,28-32H2,1-6H3,(H2,60,77)(H2,61,86)(H,62,65)(H,64,92)(H,66,89)(H,67,79)(H,68,78)(H,69,90)(H,70,91)(H,71,88)(H,72,87)(H,80,81)(H,82,83)(H,84,85)/t36-,41-,42-,43-,44-,45-,52-/m0/s1. The van der Waals surface area contributed by atoms with Gasteiger partial charge in [-0.1, -0.05) is 45.9 Å². The van der Waals surface area contributed by atoms with Crippen LogP contribution in [0.3, 0.4) is 0 Å². The minimum absolute atomic E-state index is 0.0687. The van der Waals surface area contributed by atoms with E-state index in [4.69, 9.17) is 11.5 Å². The van der Waals surface area contributed by atoms with Crippen LogP contribution in [0.25, 0.3) is 10.9 Å². The second kappa shape index (κ2) is 39.0. The Labute approximate surface area is 542 Å². The van der Waals surface area contributed by atoms with Crippen LogP contribution in [0.4, 0.5) is 0 Å². The minimum atomic E-state index is -1.49. The predicted molar refractivity (Wildman–Crippen MR) is 340 cm³/mol. The number of thioether (sulfide) groups is 1. The van der Waals surface area contributed by atoms with Gasteiger partial charge < -0.3 is 79.3 Å². The number of carbonyl (C=O) groups is 13. The van der Waals surface area contributed by atoms with Gasteiger partial charge in [-0.25, -0.2) is 4.98 Å². The molecule has 7 atom stereocenters. The average Bonchev–Trinajstić information content (AvgIpc) is 1.87. The van der Waals surface area contributed by atoms with Crippen molar-refractivity contribution in [2.75, 3.05) is 97.1 Å². The van der Waals surface area contributed by atoms with Gasteiger partial charge in [0.2, 0.25) is 59.1 Å². The van der Waals surface area contributed by atoms with Gasteiger partial charge >= 0.3 is 17.9 Å². The van der Waals surface area contributed by atoms with Crippen LogP contribution in [-0.4, -0.2) is 266 Å². The summed E-state index contributed by atoms with van der Waals surface area (Å²) in [5, 5.41) is 50.5. The number of aromatic nitrogens is 3. The third-order valence-corrected chi connectivity index (χ3v) is 15.7. The van der Waals surface area contributed by atoms with Crippen LogP contribution >= 0.6 is 11.8 Å². The fourth-order valence-corrected chi connectivity index (χ4v) is 10.6. The largest absolute Gasteiger partial charge is 0.480 e. The van der Waals surface area contributed by atoms with Gasteiger partial charge in [0, 0.05) is 101 Å². The molecule has 1 aromatic carbocycles. The summed E-state index contributed by atoms with van der Waals surface area (Å²) in [4.78, 5) is 188. The molecular weight excluding hydrogens is 1230 g/mol. The molecule has 0 aliphatic carbocycles. The lowest BCUT2D eigenvalue weighted by Crippen LogP contribution is -2.59. The molecule has 10 amide bonds. The van der Waals surface area contributed by atoms with Gasteiger partial charge in [-0.2, -0.15) is 11.8 Å². The fourth-order valence-electron chi connectivity index (χ4n) is 10.1. The first-order valence-electron chi connectivity index (χ1n) is 30.5. The zero-order chi connectivity index (χ0) is 68.9. The molecule has 0 saturated carbocycles. The number of primary amides is 2. The monoisotopic (exact) mass is 1330 g/mol. The van der Waals surface area contributed by atoms with Crippen LogP contribution in [0.1, 0.15) is 71.6 Å². The number of hydrogen-bond donors (Lipinski definition) is 15. The molecule has 514 valence electrons. The fraction of sp³-hybridized carbons (Fsp3) is 0.593. The second-order valence-electron chi connectivity index (χ2n) is 23.6. The van der Waals surface area contributed by atoms with Crippen molar-refractivity contribution in [2.24, 2.45) is 23.3 Å². The Balaban J connectivity index is 1.50. The smallest absolute Gasteiger partial charge is 0.317 e. The number of nitrogens with zero attached hydrogens (tertiary/aromatic N) is 5. The number of carboxylic acid groups (broad SMARTS) is 3. The summed E-state index contributed by atoms with van der Waals surface area (Å²) in [5.74, 6) is -11.7. The molecule has 0 radical (unpaired) electrons. The van der Waals surface area contributed by atoms with Crippen molar-refractivity contribution in [1.29, 1.82) is 0 Å². The summed E-state index contributed by atoms with van der Waals surface area (Å²) in [6.07, 6.45) is 5.64. The minimum Gasteiger partial charge on any atom is -0.480 e. The molecule has 17 N–H and O–H groups in total. The molecule has 1 aliphatic rings. The highest BCUT2D eigenvalue weighted by molar-refractivity contribution is 7.98. The van der Waals surface area contributed by atoms with Crippen LogP contribution in [0.2, 0.25) is 0 Å². The Morgan fingerprint density at radius 1 is 0.570 bits per heavy atom. The Kier molecular flexibility index (Phi) is 32.1. The topological polar surface area (TPSA) is 488 Å². The average molecular weight is 1330 g/mol. The molecule has 2 aromatic heterocycles. The van der Waals surface area contributed by atoms with E-state index in [9.17, 15) is 77.6 Å². The number of imidazole rings is 1. The number of fused-ring (bicyclic) bond motifs is 1. The first-order chi connectivity index (χ1) is 44.0. The van der Waals surface area contributed by atoms with Crippen molar-refractivity contribution < 1.29 is 77.6 Å². The number of rotatable bonds is 37. The number of H-pyrrole nitrogens is 2. The van der Waals surface area contributed by atoms with E-state index in [2.05, 4.69) is 57.5 Å². The van der Waals surface area contributed by atoms with Crippen LogP contribution in [0.5, 0.6) is 0 Å². The van der Waals surface area contributed by atoms with Crippen molar-refractivity contribution in [3.05, 3.63) is 54.2 Å². The first kappa shape index (κ1) is 76.7. The van der Waals surface area contributed by atoms with Crippen molar-refractivity contribution in [3.8, 4) is 0 Å². The van der Waals surface area contributed by atoms with Gasteiger partial charge in [0.05, 0.1) is 39.1 Å². The number of benzene rings is 1. The molecule has 4 rings (SSSR count). The molecule has 0 unspecified atom stereocenters. The lowest BCUT2D eigenvalue weighted by molar-refractivity contribution is -0.140. The number of para-hydroxylation sites is 1. The van der Waals surface area contributed by atoms with Gasteiger partial charge in [0.1, 0.15) is 42.3 Å². The number of hydrogen-bond acceptors (Lipinski definition) is 19. The van der Waals surface area contributed by atoms with Gasteiger partial charge in [-0.05, 0) is 61.7 Å². The third-order valence-electron chi connectivity index (χ3n) is 15.1. The van der Waals surface area contributed by atoms with Crippen molar-refractivity contribution in [2.45, 2.75) is 115 Å². The highest BCUT2D eigenvalue weighted by Crippen LogP contribution is 2.20. The number of carbonyl (C=O) groups excluding carboxylic acids is 10. The molecule has 0 spiro atoms. The van der Waals surface area contributed by atoms with E-state index in [1.54, 1.807) is 63.9 Å². The van der Waals surface area contributed by atoms with E-state index >= 15 is 0 Å². The highest BCUT2D eigenvalue weighted by Gasteiger charge is 2.34. The maximum atomic E-state index is 14.5. The lowest BCUT2D eigenvalue weighted by atomic mass is 10.0. The van der Waals surface area contributed by atoms with E-state index in [1.165, 1.54) is 31.2 Å². The molecular formula is C59H91N17O16S. The maximum absolute atomic E-state index is 14.5. The molecule has 34 heteroatoms. The van der Waals surface area contributed by atoms with Crippen LogP contribution in [0.15, 0.2) is 43.0 Å². The molecule has 1 saturated heterocycles. The summed E-state index contributed by atoms with van der Waals surface area (Å²) < 4.78 is 0. The second-order valence-corrected chi connectivity index (χ2v) is 24.5. The molecule has 1 aliphatic heterocycles. The zero-order valence-corrected chi connectivity index (χ0v) is 54.1. The number of aromatic amines is 2. The quantitative estimate of drug-likeness (QED) is 0.0261. The Morgan fingerprint density at radius 2 is 1.08 bits per heavy atom. The molecule has 3 heterocycles. The third kappa shape index (κ3) is 28.0. The summed E-state index contributed by atoms with van der Waals surface area (Å²) in [5.41, 5.74) is 12.8. The predicted octanol–water partition coefficient (Wildman–Crippen LogP) is -4.11. The van der Waals surface area contributed by atoms with Crippen molar-refractivity contribution >= 4 is 99.6 Å². The van der Waals surface area contributed by atoms with E-state index in [1.807, 2.05) is 20.1 Å². The van der Waals surface area contributed by atoms with Gasteiger partial charge in [0.15, 0.2) is 0 Å². The first-order valence-corrected chi connectivity index (χ1v) is 31.9. The van der Waals surface area contributed by atoms with Crippen molar-refractivity contribution in [3.63, 3.8) is 0 Å². The Morgan fingerprint density at radius 3 is 1.59 bits per heavy atom. The number of carboxylic acids is 3. The van der Waals surface area contributed by atoms with Gasteiger partial charge in [0.25, 0.3) is 0 Å². The van der Waals surface area contributed by atoms with E-state index in [0.29, 0.717) is 27.9 Å². The molecule has 93 heavy (non-hydrogen) atoms. The number of nitrogens with one attached hydrogen (secondary N) is 10. The lowest BCUT2D eigenvalue weighted by Gasteiger charge is -2.33. The summed E-state index contributed by atoms with van der Waals surface area (Å²) in [7, 11) is 0. The van der Waals surface area contributed by atoms with Gasteiger partial charge in [-0.3, -0.25) is 81.9 Å². The summed E-state index contributed by atoms with van der Waals surface area (Å²) >= 11 is 1.45. The summed E-state index contributed by atoms with van der Waals surface area (Å²) in [6.45, 7) is 6.76. The van der Waals surface area contributed by atoms with Crippen LogP contribution in [-0.2, 0) is 75.2 Å². The van der Waals surface area contributed by atoms with Gasteiger partial charge in [-0.15, -0.1) is 0 Å². The molecule has 33 nitrogen and oxygen atoms in total.